The van der Waals surface area contributed by atoms with Gasteiger partial charge in [-0.1, -0.05) is 44.2 Å². The van der Waals surface area contributed by atoms with Gasteiger partial charge in [0.25, 0.3) is 0 Å². The lowest BCUT2D eigenvalue weighted by atomic mass is 10.2. The molecule has 2 rings (SSSR count). The molecule has 0 aromatic heterocycles. The Kier molecular flexibility index (Phi) is 8.61. The van der Waals surface area contributed by atoms with Crippen LogP contribution in [0.15, 0.2) is 81.5 Å². The van der Waals surface area contributed by atoms with Crippen LogP contribution in [-0.2, 0) is 10.9 Å². The van der Waals surface area contributed by atoms with E-state index in [9.17, 15) is 0 Å². The lowest BCUT2D eigenvalue weighted by Gasteiger charge is -2.11. The van der Waals surface area contributed by atoms with E-state index in [1.165, 1.54) is 21.1 Å². The topological polar surface area (TPSA) is 0 Å². The largest absolute Gasteiger partial charge is 0.166 e. The van der Waals surface area contributed by atoms with Crippen molar-refractivity contribution in [2.24, 2.45) is 0 Å². The van der Waals surface area contributed by atoms with E-state index in [1.807, 2.05) is 13.8 Å². The van der Waals surface area contributed by atoms with Crippen LogP contribution in [0.5, 0.6) is 0 Å². The van der Waals surface area contributed by atoms with E-state index < -0.39 is 0 Å². The molecular formula is C20H27S+. The molecule has 1 aliphatic carbocycles. The first-order chi connectivity index (χ1) is 10.4. The van der Waals surface area contributed by atoms with Crippen molar-refractivity contribution in [2.75, 3.05) is 0 Å². The first kappa shape index (κ1) is 17.6. The molecule has 0 spiro atoms. The van der Waals surface area contributed by atoms with E-state index in [4.69, 9.17) is 0 Å². The third-order valence-electron chi connectivity index (χ3n) is 3.03. The SMILES string of the molecule is C/C=C\C(=C/C)[S+](C1=CCCC=C1)c1ccccc1.CC. The zero-order chi connectivity index (χ0) is 15.5. The summed E-state index contributed by atoms with van der Waals surface area (Å²) in [4.78, 5) is 4.24. The van der Waals surface area contributed by atoms with Gasteiger partial charge in [0.2, 0.25) is 0 Å². The van der Waals surface area contributed by atoms with E-state index in [1.54, 1.807) is 0 Å². The Bertz CT molecular complexity index is 514. The maximum Gasteiger partial charge on any atom is 0.166 e. The van der Waals surface area contributed by atoms with Gasteiger partial charge in [-0.05, 0) is 63.1 Å². The molecule has 0 bridgehead atoms. The van der Waals surface area contributed by atoms with Crippen molar-refractivity contribution in [3.05, 3.63) is 76.6 Å². The second-order valence-electron chi connectivity index (χ2n) is 4.40. The van der Waals surface area contributed by atoms with Crippen molar-refractivity contribution in [1.29, 1.82) is 0 Å². The molecular weight excluding hydrogens is 272 g/mol. The van der Waals surface area contributed by atoms with Crippen LogP contribution in [0.4, 0.5) is 0 Å². The fraction of sp³-hybridized carbons (Fsp3) is 0.300. The number of hydrogen-bond donors (Lipinski definition) is 0. The van der Waals surface area contributed by atoms with Crippen LogP contribution >= 0.6 is 0 Å². The average molecular weight is 300 g/mol. The summed E-state index contributed by atoms with van der Waals surface area (Å²) in [5, 5.41) is 0. The molecule has 0 heterocycles. The normalized spacial score (nSPS) is 16.2. The molecule has 0 nitrogen and oxygen atoms in total. The number of benzene rings is 1. The maximum absolute atomic E-state index is 2.39. The Balaban J connectivity index is 0.00000106. The van der Waals surface area contributed by atoms with Crippen LogP contribution in [0, 0.1) is 0 Å². The molecule has 112 valence electrons. The summed E-state index contributed by atoms with van der Waals surface area (Å²) in [5.74, 6) is 0. The van der Waals surface area contributed by atoms with Crippen molar-refractivity contribution in [1.82, 2.24) is 0 Å². The molecule has 21 heavy (non-hydrogen) atoms. The van der Waals surface area contributed by atoms with Crippen LogP contribution in [0.3, 0.4) is 0 Å². The Labute approximate surface area is 133 Å². The summed E-state index contributed by atoms with van der Waals surface area (Å²) in [5.41, 5.74) is 0. The summed E-state index contributed by atoms with van der Waals surface area (Å²) in [6.45, 7) is 8.21. The van der Waals surface area contributed by atoms with Crippen LogP contribution in [0.2, 0.25) is 0 Å². The highest BCUT2D eigenvalue weighted by Crippen LogP contribution is 2.32. The van der Waals surface area contributed by atoms with Gasteiger partial charge in [-0.25, -0.2) is 0 Å². The monoisotopic (exact) mass is 299 g/mol. The molecule has 0 saturated heterocycles. The second kappa shape index (κ2) is 10.3. The summed E-state index contributed by atoms with van der Waals surface area (Å²) in [6.07, 6.45) is 15.9. The summed E-state index contributed by atoms with van der Waals surface area (Å²) >= 11 is 0. The molecule has 1 atom stereocenters. The Hall–Kier alpha value is -1.47. The van der Waals surface area contributed by atoms with E-state index in [0.29, 0.717) is 0 Å². The molecule has 0 fully saturated rings. The van der Waals surface area contributed by atoms with Crippen LogP contribution in [0.25, 0.3) is 0 Å². The molecule has 1 aromatic carbocycles. The highest BCUT2D eigenvalue weighted by Gasteiger charge is 2.30. The molecule has 0 amide bonds. The highest BCUT2D eigenvalue weighted by molar-refractivity contribution is 8.04. The third-order valence-corrected chi connectivity index (χ3v) is 5.39. The predicted molar refractivity (Wildman–Crippen MR) is 98.4 cm³/mol. The molecule has 1 aromatic rings. The Morgan fingerprint density at radius 1 is 1.05 bits per heavy atom. The van der Waals surface area contributed by atoms with Gasteiger partial charge in [-0.15, -0.1) is 0 Å². The van der Waals surface area contributed by atoms with Crippen molar-refractivity contribution >= 4 is 10.9 Å². The average Bonchev–Trinajstić information content (AvgIpc) is 2.58. The molecule has 0 saturated carbocycles. The van der Waals surface area contributed by atoms with Gasteiger partial charge in [0, 0.05) is 0 Å². The van der Waals surface area contributed by atoms with Crippen LogP contribution < -0.4 is 0 Å². The van der Waals surface area contributed by atoms with E-state index in [2.05, 4.69) is 80.6 Å². The minimum absolute atomic E-state index is 0.0366. The standard InChI is InChI=1S/C18H21S.C2H6/c1-3-11-16(4-2)19(17-12-7-5-8-13-17)18-14-9-6-10-15-18;1-2/h3-5,7-9,11-15H,6,10H2,1-2H3;1-2H3/q+1;/b11-3-,16-4+;. The van der Waals surface area contributed by atoms with Crippen molar-refractivity contribution in [3.8, 4) is 0 Å². The summed E-state index contributed by atoms with van der Waals surface area (Å²) in [6, 6.07) is 10.8. The van der Waals surface area contributed by atoms with Crippen molar-refractivity contribution in [3.63, 3.8) is 0 Å². The predicted octanol–water partition coefficient (Wildman–Crippen LogP) is 6.40. The van der Waals surface area contributed by atoms with E-state index >= 15 is 0 Å². The molecule has 1 aliphatic rings. The van der Waals surface area contributed by atoms with Gasteiger partial charge in [-0.3, -0.25) is 0 Å². The van der Waals surface area contributed by atoms with Gasteiger partial charge in [0.1, 0.15) is 0 Å². The van der Waals surface area contributed by atoms with Gasteiger partial charge in [-0.2, -0.15) is 0 Å². The van der Waals surface area contributed by atoms with Crippen molar-refractivity contribution < 1.29 is 0 Å². The van der Waals surface area contributed by atoms with Gasteiger partial charge in [0.15, 0.2) is 14.7 Å². The number of hydrogen-bond acceptors (Lipinski definition) is 0. The zero-order valence-corrected chi connectivity index (χ0v) is 14.5. The van der Waals surface area contributed by atoms with Crippen molar-refractivity contribution in [2.45, 2.75) is 45.4 Å². The maximum atomic E-state index is 2.39. The van der Waals surface area contributed by atoms with Crippen LogP contribution in [-0.4, -0.2) is 0 Å². The molecule has 1 heteroatoms. The first-order valence-corrected chi connectivity index (χ1v) is 9.04. The molecule has 1 unspecified atom stereocenters. The minimum Gasteiger partial charge on any atom is -0.0827 e. The lowest BCUT2D eigenvalue weighted by molar-refractivity contribution is 1.03. The lowest BCUT2D eigenvalue weighted by Crippen LogP contribution is -2.08. The smallest absolute Gasteiger partial charge is 0.0827 e. The first-order valence-electron chi connectivity index (χ1n) is 7.82. The Morgan fingerprint density at radius 2 is 1.76 bits per heavy atom. The fourth-order valence-electron chi connectivity index (χ4n) is 2.15. The van der Waals surface area contributed by atoms with Gasteiger partial charge in [0.05, 0.1) is 10.9 Å². The molecule has 0 radical (unpaired) electrons. The van der Waals surface area contributed by atoms with Crippen LogP contribution in [0.1, 0.15) is 40.5 Å². The number of allylic oxidation sites excluding steroid dienone is 6. The third kappa shape index (κ3) is 5.09. The Morgan fingerprint density at radius 3 is 2.29 bits per heavy atom. The summed E-state index contributed by atoms with van der Waals surface area (Å²) in [7, 11) is 0.0366. The minimum atomic E-state index is 0.0366. The quantitative estimate of drug-likeness (QED) is 0.445. The highest BCUT2D eigenvalue weighted by atomic mass is 32.2. The summed E-state index contributed by atoms with van der Waals surface area (Å²) < 4.78 is 0. The zero-order valence-electron chi connectivity index (χ0n) is 13.7. The van der Waals surface area contributed by atoms with E-state index in [-0.39, 0.29) is 10.9 Å². The van der Waals surface area contributed by atoms with Gasteiger partial charge >= 0.3 is 0 Å². The van der Waals surface area contributed by atoms with Gasteiger partial charge < -0.3 is 0 Å². The number of rotatable bonds is 4. The molecule has 0 aliphatic heterocycles. The molecule has 0 N–H and O–H groups in total. The fourth-order valence-corrected chi connectivity index (χ4v) is 4.42. The second-order valence-corrected chi connectivity index (χ2v) is 6.42. The van der Waals surface area contributed by atoms with E-state index in [0.717, 1.165) is 6.42 Å².